The quantitative estimate of drug-likeness (QED) is 0.503. The van der Waals surface area contributed by atoms with Gasteiger partial charge in [0.2, 0.25) is 0 Å². The highest BCUT2D eigenvalue weighted by Gasteiger charge is 2.14. The maximum Gasteiger partial charge on any atom is 0.329 e. The van der Waals surface area contributed by atoms with Crippen molar-refractivity contribution in [3.63, 3.8) is 0 Å². The van der Waals surface area contributed by atoms with Gasteiger partial charge in [0.05, 0.1) is 6.21 Å². The molecule has 1 aromatic carbocycles. The molecule has 0 fully saturated rings. The molecule has 1 atom stereocenters. The van der Waals surface area contributed by atoms with Gasteiger partial charge in [-0.3, -0.25) is 9.59 Å². The first-order chi connectivity index (χ1) is 9.02. The third kappa shape index (κ3) is 5.65. The van der Waals surface area contributed by atoms with Crippen molar-refractivity contribution in [2.75, 3.05) is 0 Å². The van der Waals surface area contributed by atoms with Crippen molar-refractivity contribution in [2.45, 2.75) is 26.3 Å². The van der Waals surface area contributed by atoms with E-state index >= 15 is 0 Å². The van der Waals surface area contributed by atoms with E-state index in [9.17, 15) is 9.59 Å². The normalized spacial score (nSPS) is 12.2. The van der Waals surface area contributed by atoms with Crippen molar-refractivity contribution in [2.24, 2.45) is 5.10 Å². The maximum atomic E-state index is 11.4. The van der Waals surface area contributed by atoms with Gasteiger partial charge in [-0.25, -0.2) is 5.43 Å². The van der Waals surface area contributed by atoms with Crippen LogP contribution in [0.15, 0.2) is 33.8 Å². The molecule has 102 valence electrons. The number of nitrogens with zero attached hydrogens (tertiary/aromatic N) is 1. The molecule has 2 amide bonds. The van der Waals surface area contributed by atoms with Crippen LogP contribution in [0, 0.1) is 0 Å². The van der Waals surface area contributed by atoms with Crippen molar-refractivity contribution < 1.29 is 9.59 Å². The Balaban J connectivity index is 2.48. The smallest absolute Gasteiger partial charge is 0.329 e. The summed E-state index contributed by atoms with van der Waals surface area (Å²) >= 11 is 3.33. The summed E-state index contributed by atoms with van der Waals surface area (Å²) in [6, 6.07) is 7.37. The lowest BCUT2D eigenvalue weighted by Crippen LogP contribution is -2.41. The third-order valence-corrected chi connectivity index (χ3v) is 2.92. The second-order valence-corrected chi connectivity index (χ2v) is 4.95. The van der Waals surface area contributed by atoms with Crippen LogP contribution in [0.5, 0.6) is 0 Å². The van der Waals surface area contributed by atoms with Crippen molar-refractivity contribution in [1.29, 1.82) is 0 Å². The number of hydrogen-bond donors (Lipinski definition) is 2. The number of amides is 2. The number of rotatable bonds is 4. The van der Waals surface area contributed by atoms with Crippen LogP contribution in [0.1, 0.15) is 25.8 Å². The van der Waals surface area contributed by atoms with E-state index in [0.29, 0.717) is 0 Å². The summed E-state index contributed by atoms with van der Waals surface area (Å²) in [6.07, 6.45) is 2.24. The molecule has 0 radical (unpaired) electrons. The lowest BCUT2D eigenvalue weighted by atomic mass is 10.2. The largest absolute Gasteiger partial charge is 0.345 e. The zero-order valence-corrected chi connectivity index (χ0v) is 12.4. The molecule has 2 N–H and O–H groups in total. The third-order valence-electron chi connectivity index (χ3n) is 2.42. The molecule has 0 aliphatic heterocycles. The van der Waals surface area contributed by atoms with Crippen LogP contribution in [-0.4, -0.2) is 24.1 Å². The Kier molecular flexibility index (Phi) is 6.21. The average Bonchev–Trinajstić information content (AvgIpc) is 2.38. The number of carbonyl (C=O) groups is 2. The monoisotopic (exact) mass is 325 g/mol. The highest BCUT2D eigenvalue weighted by Crippen LogP contribution is 2.09. The van der Waals surface area contributed by atoms with E-state index in [4.69, 9.17) is 0 Å². The number of halogens is 1. The molecular formula is C13H16BrN3O2. The predicted molar refractivity (Wildman–Crippen MR) is 77.8 cm³/mol. The van der Waals surface area contributed by atoms with E-state index in [0.717, 1.165) is 16.5 Å². The molecule has 0 aliphatic carbocycles. The minimum absolute atomic E-state index is 0.0349. The molecule has 6 heteroatoms. The molecule has 0 saturated heterocycles. The number of hydrazone groups is 1. The second-order valence-electron chi connectivity index (χ2n) is 4.04. The number of benzene rings is 1. The average molecular weight is 326 g/mol. The topological polar surface area (TPSA) is 70.6 Å². The molecule has 5 nitrogen and oxygen atoms in total. The first-order valence-electron chi connectivity index (χ1n) is 5.92. The Hall–Kier alpha value is -1.69. The lowest BCUT2D eigenvalue weighted by Gasteiger charge is -2.09. The maximum absolute atomic E-state index is 11.4. The molecule has 0 heterocycles. The first-order valence-corrected chi connectivity index (χ1v) is 6.71. The highest BCUT2D eigenvalue weighted by molar-refractivity contribution is 9.10. The van der Waals surface area contributed by atoms with Gasteiger partial charge >= 0.3 is 11.8 Å². The van der Waals surface area contributed by atoms with Gasteiger partial charge in [0, 0.05) is 10.5 Å². The van der Waals surface area contributed by atoms with E-state index in [1.54, 1.807) is 0 Å². The van der Waals surface area contributed by atoms with Crippen LogP contribution in [0.25, 0.3) is 0 Å². The van der Waals surface area contributed by atoms with Gasteiger partial charge in [-0.2, -0.15) is 5.10 Å². The fourth-order valence-electron chi connectivity index (χ4n) is 1.19. The Morgan fingerprint density at radius 3 is 2.79 bits per heavy atom. The summed E-state index contributed by atoms with van der Waals surface area (Å²) in [5.41, 5.74) is 3.00. The molecule has 0 saturated carbocycles. The molecule has 0 aliphatic rings. The van der Waals surface area contributed by atoms with Crippen LogP contribution >= 0.6 is 15.9 Å². The van der Waals surface area contributed by atoms with Gasteiger partial charge in [-0.15, -0.1) is 0 Å². The van der Waals surface area contributed by atoms with E-state index < -0.39 is 11.8 Å². The van der Waals surface area contributed by atoms with Gasteiger partial charge in [0.25, 0.3) is 0 Å². The minimum atomic E-state index is -0.772. The fourth-order valence-corrected chi connectivity index (χ4v) is 1.61. The number of nitrogens with one attached hydrogen (secondary N) is 2. The highest BCUT2D eigenvalue weighted by atomic mass is 79.9. The van der Waals surface area contributed by atoms with Gasteiger partial charge in [-0.1, -0.05) is 35.0 Å². The number of hydrogen-bond acceptors (Lipinski definition) is 3. The fraction of sp³-hybridized carbons (Fsp3) is 0.308. The van der Waals surface area contributed by atoms with Crippen molar-refractivity contribution in [1.82, 2.24) is 10.7 Å². The summed E-state index contributed by atoms with van der Waals surface area (Å²) in [5, 5.41) is 6.29. The summed E-state index contributed by atoms with van der Waals surface area (Å²) in [4.78, 5) is 22.8. The summed E-state index contributed by atoms with van der Waals surface area (Å²) in [7, 11) is 0. The molecule has 19 heavy (non-hydrogen) atoms. The van der Waals surface area contributed by atoms with E-state index in [1.807, 2.05) is 38.1 Å². The molecule has 0 bridgehead atoms. The Bertz CT molecular complexity index is 489. The molecule has 0 aromatic heterocycles. The Labute approximate surface area is 120 Å². The molecule has 1 rings (SSSR count). The van der Waals surface area contributed by atoms with Gasteiger partial charge in [0.15, 0.2) is 0 Å². The van der Waals surface area contributed by atoms with Gasteiger partial charge < -0.3 is 5.32 Å². The summed E-state index contributed by atoms with van der Waals surface area (Å²) in [5.74, 6) is -1.45. The summed E-state index contributed by atoms with van der Waals surface area (Å²) < 4.78 is 0.914. The van der Waals surface area contributed by atoms with Crippen LogP contribution in [0.4, 0.5) is 0 Å². The number of carbonyl (C=O) groups excluding carboxylic acids is 2. The first kappa shape index (κ1) is 15.4. The Morgan fingerprint density at radius 2 is 2.16 bits per heavy atom. The van der Waals surface area contributed by atoms with Crippen LogP contribution in [0.2, 0.25) is 0 Å². The van der Waals surface area contributed by atoms with Crippen molar-refractivity contribution >= 4 is 34.0 Å². The molecule has 0 spiro atoms. The van der Waals surface area contributed by atoms with E-state index in [2.05, 4.69) is 31.8 Å². The van der Waals surface area contributed by atoms with Crippen LogP contribution in [-0.2, 0) is 9.59 Å². The van der Waals surface area contributed by atoms with Crippen molar-refractivity contribution in [3.8, 4) is 0 Å². The summed E-state index contributed by atoms with van der Waals surface area (Å²) in [6.45, 7) is 3.75. The SMILES string of the molecule is CC[C@@H](C)NC(=O)C(=O)N/N=C\c1cccc(Br)c1. The van der Waals surface area contributed by atoms with Crippen molar-refractivity contribution in [3.05, 3.63) is 34.3 Å². The second kappa shape index (κ2) is 7.68. The van der Waals surface area contributed by atoms with Crippen LogP contribution in [0.3, 0.4) is 0 Å². The minimum Gasteiger partial charge on any atom is -0.345 e. The standard InChI is InChI=1S/C13H16BrN3O2/c1-3-9(2)16-12(18)13(19)17-15-8-10-5-4-6-11(14)7-10/h4-9H,3H2,1-2H3,(H,16,18)(H,17,19)/b15-8-/t9-/m1/s1. The molecule has 0 unspecified atom stereocenters. The van der Waals surface area contributed by atoms with Gasteiger partial charge in [-0.05, 0) is 31.0 Å². The van der Waals surface area contributed by atoms with Crippen LogP contribution < -0.4 is 10.7 Å². The molecule has 1 aromatic rings. The van der Waals surface area contributed by atoms with Gasteiger partial charge in [0.1, 0.15) is 0 Å². The van der Waals surface area contributed by atoms with E-state index in [-0.39, 0.29) is 6.04 Å². The van der Waals surface area contributed by atoms with E-state index in [1.165, 1.54) is 6.21 Å². The predicted octanol–water partition coefficient (Wildman–Crippen LogP) is 1.81. The lowest BCUT2D eigenvalue weighted by molar-refractivity contribution is -0.139. The molecular weight excluding hydrogens is 310 g/mol. The zero-order chi connectivity index (χ0) is 14.3. The Morgan fingerprint density at radius 1 is 1.42 bits per heavy atom. The zero-order valence-electron chi connectivity index (χ0n) is 10.8.